The van der Waals surface area contributed by atoms with Crippen molar-refractivity contribution in [3.8, 4) is 0 Å². The molecule has 0 aliphatic rings. The maximum Gasteiger partial charge on any atom is 0.140 e. The fourth-order valence-electron chi connectivity index (χ4n) is 2.30. The zero-order valence-corrected chi connectivity index (χ0v) is 8.86. The van der Waals surface area contributed by atoms with Crippen LogP contribution in [0.2, 0.25) is 0 Å². The molecule has 0 amide bonds. The number of para-hydroxylation sites is 1. The molecule has 0 aliphatic heterocycles. The Balaban J connectivity index is 2.69. The Labute approximate surface area is 88.2 Å². The molecule has 2 aromatic heterocycles. The van der Waals surface area contributed by atoms with Crippen LogP contribution in [0.25, 0.3) is 21.9 Å². The smallest absolute Gasteiger partial charge is 0.140 e. The lowest BCUT2D eigenvalue weighted by molar-refractivity contribution is 0.984. The predicted octanol–water partition coefficient (Wildman–Crippen LogP) is 3.03. The zero-order chi connectivity index (χ0) is 10.4. The van der Waals surface area contributed by atoms with Crippen molar-refractivity contribution in [1.82, 2.24) is 9.55 Å². The molecule has 1 aromatic carbocycles. The predicted molar refractivity (Wildman–Crippen MR) is 63.0 cm³/mol. The van der Waals surface area contributed by atoms with Gasteiger partial charge < -0.3 is 4.57 Å². The third-order valence-corrected chi connectivity index (χ3v) is 2.97. The van der Waals surface area contributed by atoms with E-state index in [1.165, 1.54) is 21.9 Å². The first-order valence-electron chi connectivity index (χ1n) is 5.08. The van der Waals surface area contributed by atoms with Crippen LogP contribution in [-0.2, 0) is 7.05 Å². The van der Waals surface area contributed by atoms with E-state index in [0.29, 0.717) is 0 Å². The van der Waals surface area contributed by atoms with Crippen LogP contribution in [0, 0.1) is 6.92 Å². The highest BCUT2D eigenvalue weighted by Crippen LogP contribution is 2.28. The molecule has 0 spiro atoms. The van der Waals surface area contributed by atoms with Crippen molar-refractivity contribution in [2.45, 2.75) is 6.92 Å². The summed E-state index contributed by atoms with van der Waals surface area (Å²) in [5, 5.41) is 2.53. The maximum atomic E-state index is 4.42. The normalized spacial score (nSPS) is 11.3. The quantitative estimate of drug-likeness (QED) is 0.540. The summed E-state index contributed by atoms with van der Waals surface area (Å²) in [5.74, 6) is 0. The van der Waals surface area contributed by atoms with Crippen LogP contribution in [0.4, 0.5) is 0 Å². The van der Waals surface area contributed by atoms with Gasteiger partial charge in [0.25, 0.3) is 0 Å². The van der Waals surface area contributed by atoms with Crippen molar-refractivity contribution >= 4 is 21.9 Å². The van der Waals surface area contributed by atoms with Gasteiger partial charge in [0.05, 0.1) is 5.52 Å². The number of rotatable bonds is 0. The lowest BCUT2D eigenvalue weighted by Gasteiger charge is -1.99. The van der Waals surface area contributed by atoms with Crippen LogP contribution in [0.15, 0.2) is 36.5 Å². The second-order valence-electron chi connectivity index (χ2n) is 3.90. The lowest BCUT2D eigenvalue weighted by atomic mass is 10.1. The van der Waals surface area contributed by atoms with Gasteiger partial charge in [-0.1, -0.05) is 18.2 Å². The molecule has 0 saturated heterocycles. The van der Waals surface area contributed by atoms with E-state index in [0.717, 1.165) is 5.65 Å². The van der Waals surface area contributed by atoms with Gasteiger partial charge in [0.15, 0.2) is 0 Å². The van der Waals surface area contributed by atoms with Crippen LogP contribution in [0.5, 0.6) is 0 Å². The van der Waals surface area contributed by atoms with Gasteiger partial charge in [0, 0.05) is 24.0 Å². The van der Waals surface area contributed by atoms with E-state index in [-0.39, 0.29) is 0 Å². The Kier molecular flexibility index (Phi) is 1.60. The summed E-state index contributed by atoms with van der Waals surface area (Å²) < 4.78 is 2.17. The number of benzene rings is 1. The first-order chi connectivity index (χ1) is 7.29. The monoisotopic (exact) mass is 196 g/mol. The molecule has 0 atom stereocenters. The minimum atomic E-state index is 1.06. The SMILES string of the molecule is Cc1cccc2c3cccnc3n(C)c12. The van der Waals surface area contributed by atoms with Crippen LogP contribution >= 0.6 is 0 Å². The second kappa shape index (κ2) is 2.83. The van der Waals surface area contributed by atoms with Crippen LogP contribution in [0.3, 0.4) is 0 Å². The molecule has 2 nitrogen and oxygen atoms in total. The Hall–Kier alpha value is -1.83. The van der Waals surface area contributed by atoms with E-state index in [1.807, 2.05) is 12.3 Å². The van der Waals surface area contributed by atoms with Gasteiger partial charge in [-0.3, -0.25) is 0 Å². The highest BCUT2D eigenvalue weighted by atomic mass is 15.0. The van der Waals surface area contributed by atoms with Gasteiger partial charge in [-0.2, -0.15) is 0 Å². The van der Waals surface area contributed by atoms with E-state index < -0.39 is 0 Å². The summed E-state index contributed by atoms with van der Waals surface area (Å²) in [5.41, 5.74) is 3.64. The average Bonchev–Trinajstić information content (AvgIpc) is 2.55. The molecule has 0 bridgehead atoms. The molecule has 15 heavy (non-hydrogen) atoms. The Bertz CT molecular complexity index is 650. The minimum Gasteiger partial charge on any atom is -0.328 e. The molecular weight excluding hydrogens is 184 g/mol. The van der Waals surface area contributed by atoms with Gasteiger partial charge >= 0.3 is 0 Å². The van der Waals surface area contributed by atoms with Crippen molar-refractivity contribution in [3.63, 3.8) is 0 Å². The van der Waals surface area contributed by atoms with Crippen LogP contribution in [-0.4, -0.2) is 9.55 Å². The summed E-state index contributed by atoms with van der Waals surface area (Å²) in [7, 11) is 2.07. The molecular formula is C13H12N2. The molecule has 0 N–H and O–H groups in total. The molecule has 2 heterocycles. The van der Waals surface area contributed by atoms with Crippen molar-refractivity contribution < 1.29 is 0 Å². The molecule has 0 radical (unpaired) electrons. The topological polar surface area (TPSA) is 17.8 Å². The molecule has 74 valence electrons. The fraction of sp³-hybridized carbons (Fsp3) is 0.154. The average molecular weight is 196 g/mol. The molecule has 2 heteroatoms. The maximum absolute atomic E-state index is 4.42. The third-order valence-electron chi connectivity index (χ3n) is 2.97. The molecule has 0 unspecified atom stereocenters. The van der Waals surface area contributed by atoms with Gasteiger partial charge in [0.2, 0.25) is 0 Å². The van der Waals surface area contributed by atoms with E-state index in [1.54, 1.807) is 0 Å². The van der Waals surface area contributed by atoms with E-state index in [2.05, 4.69) is 47.8 Å². The van der Waals surface area contributed by atoms with Crippen molar-refractivity contribution in [2.24, 2.45) is 7.05 Å². The van der Waals surface area contributed by atoms with Gasteiger partial charge in [-0.25, -0.2) is 4.98 Å². The summed E-state index contributed by atoms with van der Waals surface area (Å²) in [6.07, 6.45) is 1.84. The minimum absolute atomic E-state index is 1.06. The standard InChI is InChI=1S/C13H12N2/c1-9-5-3-6-10-11-7-4-8-14-13(11)15(2)12(9)10/h3-8H,1-2H3. The van der Waals surface area contributed by atoms with Crippen molar-refractivity contribution in [2.75, 3.05) is 0 Å². The Morgan fingerprint density at radius 1 is 1.07 bits per heavy atom. The Morgan fingerprint density at radius 3 is 2.73 bits per heavy atom. The van der Waals surface area contributed by atoms with Crippen LogP contribution < -0.4 is 0 Å². The van der Waals surface area contributed by atoms with E-state index in [4.69, 9.17) is 0 Å². The van der Waals surface area contributed by atoms with Crippen molar-refractivity contribution in [3.05, 3.63) is 42.1 Å². The first-order valence-corrected chi connectivity index (χ1v) is 5.08. The van der Waals surface area contributed by atoms with Crippen molar-refractivity contribution in [1.29, 1.82) is 0 Å². The molecule has 0 fully saturated rings. The highest BCUT2D eigenvalue weighted by molar-refractivity contribution is 6.07. The fourth-order valence-corrected chi connectivity index (χ4v) is 2.30. The summed E-state index contributed by atoms with van der Waals surface area (Å²) in [6.45, 7) is 2.14. The van der Waals surface area contributed by atoms with Gasteiger partial charge in [-0.05, 0) is 24.6 Å². The molecule has 3 rings (SSSR count). The number of pyridine rings is 1. The zero-order valence-electron chi connectivity index (χ0n) is 8.86. The van der Waals surface area contributed by atoms with Gasteiger partial charge in [0.1, 0.15) is 5.65 Å². The van der Waals surface area contributed by atoms with Crippen LogP contribution in [0.1, 0.15) is 5.56 Å². The number of hydrogen-bond acceptors (Lipinski definition) is 1. The van der Waals surface area contributed by atoms with E-state index in [9.17, 15) is 0 Å². The number of fused-ring (bicyclic) bond motifs is 3. The number of aromatic nitrogens is 2. The third kappa shape index (κ3) is 1.02. The van der Waals surface area contributed by atoms with Gasteiger partial charge in [-0.15, -0.1) is 0 Å². The molecule has 3 aromatic rings. The highest BCUT2D eigenvalue weighted by Gasteiger charge is 2.09. The molecule has 0 saturated carbocycles. The largest absolute Gasteiger partial charge is 0.328 e. The summed E-state index contributed by atoms with van der Waals surface area (Å²) >= 11 is 0. The number of aryl methyl sites for hydroxylation is 2. The lowest BCUT2D eigenvalue weighted by Crippen LogP contribution is -1.90. The second-order valence-corrected chi connectivity index (χ2v) is 3.90. The number of nitrogens with zero attached hydrogens (tertiary/aromatic N) is 2. The molecule has 0 aliphatic carbocycles. The van der Waals surface area contributed by atoms with E-state index >= 15 is 0 Å². The Morgan fingerprint density at radius 2 is 1.87 bits per heavy atom. The number of hydrogen-bond donors (Lipinski definition) is 0. The summed E-state index contributed by atoms with van der Waals surface area (Å²) in [4.78, 5) is 4.42. The first kappa shape index (κ1) is 8.48. The summed E-state index contributed by atoms with van der Waals surface area (Å²) in [6, 6.07) is 10.5.